The number of rotatable bonds is 4. The van der Waals surface area contributed by atoms with Gasteiger partial charge in [0.2, 0.25) is 0 Å². The van der Waals surface area contributed by atoms with Crippen LogP contribution in [0.4, 0.5) is 0 Å². The van der Waals surface area contributed by atoms with Gasteiger partial charge in [0.25, 0.3) is 0 Å². The molecule has 0 saturated heterocycles. The Balaban J connectivity index is 1.80. The molecule has 0 amide bonds. The first-order valence-corrected chi connectivity index (χ1v) is 9.57. The van der Waals surface area contributed by atoms with E-state index < -0.39 is 0 Å². The zero-order valence-electron chi connectivity index (χ0n) is 13.9. The van der Waals surface area contributed by atoms with Crippen molar-refractivity contribution in [2.45, 2.75) is 33.1 Å². The van der Waals surface area contributed by atoms with Gasteiger partial charge in [0, 0.05) is 27.8 Å². The summed E-state index contributed by atoms with van der Waals surface area (Å²) in [5.74, 6) is 0.952. The molecule has 0 unspecified atom stereocenters. The van der Waals surface area contributed by atoms with Gasteiger partial charge in [0.1, 0.15) is 5.75 Å². The van der Waals surface area contributed by atoms with Gasteiger partial charge in [0.15, 0.2) is 0 Å². The molecule has 0 radical (unpaired) electrons. The molecule has 0 N–H and O–H groups in total. The minimum Gasteiger partial charge on any atom is -0.492 e. The molecule has 0 spiro atoms. The number of hydrogen-bond donors (Lipinski definition) is 0. The minimum absolute atomic E-state index is 0.319. The van der Waals surface area contributed by atoms with Crippen LogP contribution in [0.2, 0.25) is 5.02 Å². The van der Waals surface area contributed by atoms with Crippen molar-refractivity contribution in [2.24, 2.45) is 5.41 Å². The Labute approximate surface area is 151 Å². The van der Waals surface area contributed by atoms with Crippen LogP contribution in [0.1, 0.15) is 31.7 Å². The van der Waals surface area contributed by atoms with Crippen LogP contribution in [0.25, 0.3) is 21.3 Å². The van der Waals surface area contributed by atoms with Gasteiger partial charge < -0.3 is 4.74 Å². The summed E-state index contributed by atoms with van der Waals surface area (Å²) >= 11 is 8.07. The van der Waals surface area contributed by atoms with E-state index in [0.717, 1.165) is 39.6 Å². The van der Waals surface area contributed by atoms with Gasteiger partial charge in [-0.05, 0) is 55.0 Å². The number of ether oxygens (including phenoxy) is 1. The van der Waals surface area contributed by atoms with Crippen LogP contribution in [-0.2, 0) is 0 Å². The van der Waals surface area contributed by atoms with Gasteiger partial charge in [-0.2, -0.15) is 0 Å². The van der Waals surface area contributed by atoms with Crippen molar-refractivity contribution in [2.75, 3.05) is 6.61 Å². The van der Waals surface area contributed by atoms with Crippen LogP contribution in [0.5, 0.6) is 5.75 Å². The van der Waals surface area contributed by atoms with E-state index >= 15 is 0 Å². The fourth-order valence-corrected chi connectivity index (χ4v) is 4.53. The second kappa shape index (κ2) is 6.05. The Morgan fingerprint density at radius 1 is 1.25 bits per heavy atom. The topological polar surface area (TPSA) is 22.1 Å². The smallest absolute Gasteiger partial charge is 0.130 e. The average Bonchev–Trinajstić information content (AvgIpc) is 3.00. The van der Waals surface area contributed by atoms with E-state index in [1.54, 1.807) is 11.3 Å². The lowest BCUT2D eigenvalue weighted by molar-refractivity contribution is 0.0775. The lowest BCUT2D eigenvalue weighted by Gasteiger charge is -2.38. The number of thiophene rings is 1. The zero-order chi connectivity index (χ0) is 16.7. The van der Waals surface area contributed by atoms with E-state index in [1.165, 1.54) is 24.0 Å². The highest BCUT2D eigenvalue weighted by atomic mass is 35.5. The van der Waals surface area contributed by atoms with E-state index in [0.29, 0.717) is 5.41 Å². The van der Waals surface area contributed by atoms with E-state index in [9.17, 15) is 0 Å². The zero-order valence-corrected chi connectivity index (χ0v) is 15.5. The highest BCUT2D eigenvalue weighted by molar-refractivity contribution is 7.17. The van der Waals surface area contributed by atoms with Crippen LogP contribution in [0, 0.1) is 12.3 Å². The fraction of sp³-hybridized carbons (Fsp3) is 0.350. The van der Waals surface area contributed by atoms with Gasteiger partial charge >= 0.3 is 0 Å². The minimum atomic E-state index is 0.319. The maximum absolute atomic E-state index is 6.36. The first-order chi connectivity index (χ1) is 11.6. The largest absolute Gasteiger partial charge is 0.492 e. The molecular formula is C20H20ClNOS. The monoisotopic (exact) mass is 357 g/mol. The van der Waals surface area contributed by atoms with Crippen LogP contribution in [0.3, 0.4) is 0 Å². The molecule has 0 aliphatic heterocycles. The normalized spacial score (nSPS) is 16.1. The van der Waals surface area contributed by atoms with Crippen LogP contribution in [0.15, 0.2) is 35.8 Å². The Bertz CT molecular complexity index is 898. The Morgan fingerprint density at radius 2 is 2.08 bits per heavy atom. The lowest BCUT2D eigenvalue weighted by Crippen LogP contribution is -2.32. The highest BCUT2D eigenvalue weighted by Crippen LogP contribution is 2.44. The molecule has 1 saturated carbocycles. The predicted octanol–water partition coefficient (Wildman–Crippen LogP) is 6.49. The van der Waals surface area contributed by atoms with E-state index in [1.807, 2.05) is 18.3 Å². The van der Waals surface area contributed by atoms with Gasteiger partial charge in [0.05, 0.1) is 16.8 Å². The van der Waals surface area contributed by atoms with E-state index in [4.69, 9.17) is 16.3 Å². The molecule has 4 heteroatoms. The van der Waals surface area contributed by atoms with Crippen molar-refractivity contribution in [1.82, 2.24) is 4.98 Å². The van der Waals surface area contributed by atoms with Crippen molar-refractivity contribution in [3.8, 4) is 16.9 Å². The van der Waals surface area contributed by atoms with Crippen LogP contribution in [-0.4, -0.2) is 11.6 Å². The molecule has 2 nitrogen and oxygen atoms in total. The quantitative estimate of drug-likeness (QED) is 0.532. The molecule has 1 aliphatic carbocycles. The summed E-state index contributed by atoms with van der Waals surface area (Å²) in [6.45, 7) is 5.15. The summed E-state index contributed by atoms with van der Waals surface area (Å²) in [7, 11) is 0. The SMILES string of the molecule is Cc1cc(Cl)cc(-c2ccnc3ccsc23)c1OCC1(C)CCC1. The van der Waals surface area contributed by atoms with Crippen molar-refractivity contribution in [3.63, 3.8) is 0 Å². The van der Waals surface area contributed by atoms with Gasteiger partial charge in [-0.3, -0.25) is 4.98 Å². The molecule has 0 atom stereocenters. The Kier molecular flexibility index (Phi) is 4.01. The summed E-state index contributed by atoms with van der Waals surface area (Å²) in [4.78, 5) is 4.45. The van der Waals surface area contributed by atoms with Crippen molar-refractivity contribution < 1.29 is 4.74 Å². The fourth-order valence-electron chi connectivity index (χ4n) is 3.38. The maximum atomic E-state index is 6.36. The number of nitrogens with zero attached hydrogens (tertiary/aromatic N) is 1. The molecule has 2 heterocycles. The summed E-state index contributed by atoms with van der Waals surface area (Å²) in [6, 6.07) is 8.11. The van der Waals surface area contributed by atoms with E-state index in [2.05, 4.69) is 36.3 Å². The van der Waals surface area contributed by atoms with Gasteiger partial charge in [-0.25, -0.2) is 0 Å². The first-order valence-electron chi connectivity index (χ1n) is 8.31. The molecular weight excluding hydrogens is 338 g/mol. The maximum Gasteiger partial charge on any atom is 0.130 e. The number of aromatic nitrogens is 1. The number of aryl methyl sites for hydroxylation is 1. The van der Waals surface area contributed by atoms with Crippen molar-refractivity contribution in [3.05, 3.63) is 46.4 Å². The summed E-state index contributed by atoms with van der Waals surface area (Å²) in [6.07, 6.45) is 5.67. The predicted molar refractivity (Wildman–Crippen MR) is 102 cm³/mol. The highest BCUT2D eigenvalue weighted by Gasteiger charge is 2.33. The summed E-state index contributed by atoms with van der Waals surface area (Å²) in [5.41, 5.74) is 4.64. The average molecular weight is 358 g/mol. The van der Waals surface area contributed by atoms with Gasteiger partial charge in [-0.15, -0.1) is 11.3 Å². The summed E-state index contributed by atoms with van der Waals surface area (Å²) < 4.78 is 7.51. The molecule has 24 heavy (non-hydrogen) atoms. The number of fused-ring (bicyclic) bond motifs is 1. The molecule has 124 valence electrons. The molecule has 4 rings (SSSR count). The third-order valence-electron chi connectivity index (χ3n) is 5.00. The second-order valence-electron chi connectivity index (χ2n) is 7.05. The molecule has 2 aromatic heterocycles. The molecule has 0 bridgehead atoms. The standard InChI is InChI=1S/C20H20ClNOS/c1-13-10-14(21)11-16(18(13)23-12-20(2)6-3-7-20)15-4-8-22-17-5-9-24-19(15)17/h4-5,8-11H,3,6-7,12H2,1-2H3. The molecule has 1 aliphatic rings. The van der Waals surface area contributed by atoms with E-state index in [-0.39, 0.29) is 0 Å². The first kappa shape index (κ1) is 15.9. The lowest BCUT2D eigenvalue weighted by atomic mass is 9.71. The number of hydrogen-bond acceptors (Lipinski definition) is 3. The number of halogens is 1. The second-order valence-corrected chi connectivity index (χ2v) is 8.40. The van der Waals surface area contributed by atoms with Crippen LogP contribution < -0.4 is 4.74 Å². The van der Waals surface area contributed by atoms with Gasteiger partial charge in [-0.1, -0.05) is 24.9 Å². The number of pyridine rings is 1. The van der Waals surface area contributed by atoms with Crippen molar-refractivity contribution in [1.29, 1.82) is 0 Å². The Morgan fingerprint density at radius 3 is 2.83 bits per heavy atom. The Hall–Kier alpha value is -1.58. The number of benzene rings is 1. The van der Waals surface area contributed by atoms with Crippen molar-refractivity contribution >= 4 is 33.2 Å². The molecule has 3 aromatic rings. The molecule has 1 aromatic carbocycles. The molecule has 1 fully saturated rings. The summed E-state index contributed by atoms with van der Waals surface area (Å²) in [5, 5.41) is 2.82. The third-order valence-corrected chi connectivity index (χ3v) is 6.15. The van der Waals surface area contributed by atoms with Crippen LogP contribution >= 0.6 is 22.9 Å². The third kappa shape index (κ3) is 2.80.